The minimum absolute atomic E-state index is 0.0106. The second-order valence-corrected chi connectivity index (χ2v) is 4.56. The maximum absolute atomic E-state index is 12.1. The molecule has 0 aliphatic rings. The molecule has 2 heterocycles. The predicted molar refractivity (Wildman–Crippen MR) is 78.9 cm³/mol. The largest absolute Gasteiger partial charge is 0.347 e. The fourth-order valence-electron chi connectivity index (χ4n) is 1.89. The summed E-state index contributed by atoms with van der Waals surface area (Å²) in [5.41, 5.74) is 0.857. The molecule has 0 spiro atoms. The first-order valence-corrected chi connectivity index (χ1v) is 6.48. The highest BCUT2D eigenvalue weighted by molar-refractivity contribution is 6.00. The van der Waals surface area contributed by atoms with Gasteiger partial charge in [-0.15, -0.1) is 5.10 Å². The molecule has 22 heavy (non-hydrogen) atoms. The summed E-state index contributed by atoms with van der Waals surface area (Å²) in [4.78, 5) is 33.5. The van der Waals surface area contributed by atoms with Crippen molar-refractivity contribution in [1.29, 1.82) is 0 Å². The van der Waals surface area contributed by atoms with E-state index in [1.165, 1.54) is 11.0 Å². The van der Waals surface area contributed by atoms with E-state index in [0.717, 1.165) is 5.69 Å². The van der Waals surface area contributed by atoms with E-state index in [2.05, 4.69) is 25.4 Å². The summed E-state index contributed by atoms with van der Waals surface area (Å²) in [5, 5.41) is 6.60. The molecule has 8 heteroatoms. The van der Waals surface area contributed by atoms with Gasteiger partial charge in [-0.2, -0.15) is 4.98 Å². The Bertz CT molecular complexity index is 868. The molecule has 3 aromatic rings. The summed E-state index contributed by atoms with van der Waals surface area (Å²) >= 11 is 0. The van der Waals surface area contributed by atoms with Crippen molar-refractivity contribution in [2.75, 3.05) is 5.32 Å². The highest BCUT2D eigenvalue weighted by Crippen LogP contribution is 2.06. The second-order valence-electron chi connectivity index (χ2n) is 4.56. The van der Waals surface area contributed by atoms with Gasteiger partial charge in [0.2, 0.25) is 5.82 Å². The lowest BCUT2D eigenvalue weighted by atomic mass is 10.3. The average Bonchev–Trinajstić information content (AvgIpc) is 2.97. The zero-order chi connectivity index (χ0) is 15.5. The highest BCUT2D eigenvalue weighted by atomic mass is 16.2. The van der Waals surface area contributed by atoms with Crippen molar-refractivity contribution in [2.45, 2.75) is 6.92 Å². The van der Waals surface area contributed by atoms with Crippen LogP contribution in [0.4, 0.5) is 5.82 Å². The number of aromatic amines is 1. The molecule has 0 aliphatic heterocycles. The standard InChI is InChI=1S/C14H12N6O2/c1-9-7-11(18-14(22)16-9)17-13(21)12-15-8-20(19-12)10-5-3-2-4-6-10/h2-8H,1H3,(H2,16,17,18,21,22). The third-order valence-corrected chi connectivity index (χ3v) is 2.84. The number of nitrogens with one attached hydrogen (secondary N) is 2. The van der Waals surface area contributed by atoms with Crippen LogP contribution in [0, 0.1) is 6.92 Å². The first-order chi connectivity index (χ1) is 10.6. The first-order valence-electron chi connectivity index (χ1n) is 6.48. The van der Waals surface area contributed by atoms with Gasteiger partial charge in [-0.25, -0.2) is 14.5 Å². The van der Waals surface area contributed by atoms with Crippen LogP contribution in [0.5, 0.6) is 0 Å². The van der Waals surface area contributed by atoms with E-state index >= 15 is 0 Å². The molecular formula is C14H12N6O2. The van der Waals surface area contributed by atoms with Crippen molar-refractivity contribution >= 4 is 11.7 Å². The zero-order valence-corrected chi connectivity index (χ0v) is 11.6. The monoisotopic (exact) mass is 296 g/mol. The fraction of sp³-hybridized carbons (Fsp3) is 0.0714. The van der Waals surface area contributed by atoms with Crippen molar-refractivity contribution in [2.24, 2.45) is 0 Å². The Kier molecular flexibility index (Phi) is 3.48. The van der Waals surface area contributed by atoms with E-state index in [4.69, 9.17) is 0 Å². The van der Waals surface area contributed by atoms with E-state index in [-0.39, 0.29) is 11.6 Å². The molecule has 0 radical (unpaired) electrons. The first kappa shape index (κ1) is 13.7. The average molecular weight is 296 g/mol. The summed E-state index contributed by atoms with van der Waals surface area (Å²) in [7, 11) is 0. The molecule has 8 nitrogen and oxygen atoms in total. The molecule has 0 atom stereocenters. The number of nitrogens with zero attached hydrogens (tertiary/aromatic N) is 4. The number of aryl methyl sites for hydroxylation is 1. The molecule has 0 bridgehead atoms. The maximum Gasteiger partial charge on any atom is 0.347 e. The number of H-pyrrole nitrogens is 1. The topological polar surface area (TPSA) is 106 Å². The number of para-hydroxylation sites is 1. The van der Waals surface area contributed by atoms with Gasteiger partial charge in [-0.3, -0.25) is 4.79 Å². The van der Waals surface area contributed by atoms with E-state index < -0.39 is 11.6 Å². The van der Waals surface area contributed by atoms with E-state index in [1.54, 1.807) is 13.0 Å². The minimum Gasteiger partial charge on any atom is -0.310 e. The number of rotatable bonds is 3. The van der Waals surface area contributed by atoms with Gasteiger partial charge in [-0.05, 0) is 19.1 Å². The normalized spacial score (nSPS) is 10.4. The van der Waals surface area contributed by atoms with Crippen LogP contribution in [-0.2, 0) is 0 Å². The van der Waals surface area contributed by atoms with E-state index in [0.29, 0.717) is 5.69 Å². The molecule has 0 saturated carbocycles. The van der Waals surface area contributed by atoms with Gasteiger partial charge in [0, 0.05) is 11.8 Å². The lowest BCUT2D eigenvalue weighted by Gasteiger charge is -2.02. The number of carbonyl (C=O) groups is 1. The SMILES string of the molecule is Cc1cc(NC(=O)c2ncn(-c3ccccc3)n2)nc(=O)[nH]1. The summed E-state index contributed by atoms with van der Waals surface area (Å²) in [6.07, 6.45) is 1.45. The lowest BCUT2D eigenvalue weighted by molar-refractivity contribution is 0.101. The van der Waals surface area contributed by atoms with E-state index in [1.807, 2.05) is 30.3 Å². The van der Waals surface area contributed by atoms with Crippen molar-refractivity contribution < 1.29 is 4.79 Å². The molecular weight excluding hydrogens is 284 g/mol. The summed E-state index contributed by atoms with van der Waals surface area (Å²) in [5.74, 6) is -0.391. The Morgan fingerprint density at radius 1 is 1.27 bits per heavy atom. The van der Waals surface area contributed by atoms with Crippen molar-refractivity contribution in [3.63, 3.8) is 0 Å². The van der Waals surface area contributed by atoms with Crippen LogP contribution in [0.15, 0.2) is 47.5 Å². The number of hydrogen-bond donors (Lipinski definition) is 2. The molecule has 1 aromatic carbocycles. The Balaban J connectivity index is 1.81. The summed E-state index contributed by atoms with van der Waals surface area (Å²) in [6.45, 7) is 1.70. The van der Waals surface area contributed by atoms with Crippen LogP contribution in [0.3, 0.4) is 0 Å². The number of aromatic nitrogens is 5. The maximum atomic E-state index is 12.1. The fourth-order valence-corrected chi connectivity index (χ4v) is 1.89. The molecule has 2 N–H and O–H groups in total. The third-order valence-electron chi connectivity index (χ3n) is 2.84. The van der Waals surface area contributed by atoms with Crippen LogP contribution in [0.2, 0.25) is 0 Å². The van der Waals surface area contributed by atoms with E-state index in [9.17, 15) is 9.59 Å². The molecule has 3 rings (SSSR count). The highest BCUT2D eigenvalue weighted by Gasteiger charge is 2.13. The summed E-state index contributed by atoms with van der Waals surface area (Å²) in [6, 6.07) is 10.8. The van der Waals surface area contributed by atoms with Crippen LogP contribution < -0.4 is 11.0 Å². The zero-order valence-electron chi connectivity index (χ0n) is 11.6. The lowest BCUT2D eigenvalue weighted by Crippen LogP contribution is -2.20. The van der Waals surface area contributed by atoms with Crippen LogP contribution in [0.1, 0.15) is 16.3 Å². The van der Waals surface area contributed by atoms with Crippen LogP contribution in [0.25, 0.3) is 5.69 Å². The molecule has 110 valence electrons. The molecule has 2 aromatic heterocycles. The van der Waals surface area contributed by atoms with Crippen LogP contribution >= 0.6 is 0 Å². The summed E-state index contributed by atoms with van der Waals surface area (Å²) < 4.78 is 1.49. The van der Waals surface area contributed by atoms with Gasteiger partial charge < -0.3 is 10.3 Å². The van der Waals surface area contributed by atoms with Gasteiger partial charge in [0.05, 0.1) is 5.69 Å². The Labute approximate surface area is 124 Å². The van der Waals surface area contributed by atoms with Crippen molar-refractivity contribution in [1.82, 2.24) is 24.7 Å². The van der Waals surface area contributed by atoms with Gasteiger partial charge in [0.25, 0.3) is 5.91 Å². The molecule has 1 amide bonds. The predicted octanol–water partition coefficient (Wildman–Crippen LogP) is 0.911. The van der Waals surface area contributed by atoms with Gasteiger partial charge >= 0.3 is 5.69 Å². The van der Waals surface area contributed by atoms with Gasteiger partial charge in [0.1, 0.15) is 12.1 Å². The quantitative estimate of drug-likeness (QED) is 0.747. The Morgan fingerprint density at radius 2 is 2.05 bits per heavy atom. The number of hydrogen-bond acceptors (Lipinski definition) is 5. The number of anilines is 1. The molecule has 0 unspecified atom stereocenters. The molecule has 0 aliphatic carbocycles. The van der Waals surface area contributed by atoms with Gasteiger partial charge in [-0.1, -0.05) is 18.2 Å². The molecule has 0 fully saturated rings. The van der Waals surface area contributed by atoms with Crippen LogP contribution in [-0.4, -0.2) is 30.6 Å². The molecule has 0 saturated heterocycles. The smallest absolute Gasteiger partial charge is 0.310 e. The number of benzene rings is 1. The van der Waals surface area contributed by atoms with Gasteiger partial charge in [0.15, 0.2) is 0 Å². The second kappa shape index (κ2) is 5.60. The number of carbonyl (C=O) groups excluding carboxylic acids is 1. The number of amides is 1. The Morgan fingerprint density at radius 3 is 2.77 bits per heavy atom. The van der Waals surface area contributed by atoms with Crippen molar-refractivity contribution in [3.8, 4) is 5.69 Å². The minimum atomic E-state index is -0.535. The third kappa shape index (κ3) is 2.90. The van der Waals surface area contributed by atoms with Crippen molar-refractivity contribution in [3.05, 3.63) is 64.7 Å². The Hall–Kier alpha value is -3.29.